The van der Waals surface area contributed by atoms with Crippen LogP contribution in [0.15, 0.2) is 42.5 Å². The van der Waals surface area contributed by atoms with E-state index >= 15 is 4.39 Å². The Balaban J connectivity index is 1.06. The van der Waals surface area contributed by atoms with Gasteiger partial charge in [0.1, 0.15) is 11.6 Å². The topological polar surface area (TPSA) is 112 Å². The molecule has 262 valence electrons. The van der Waals surface area contributed by atoms with Crippen molar-refractivity contribution < 1.29 is 38.1 Å². The lowest BCUT2D eigenvalue weighted by molar-refractivity contribution is 0.0515. The molecule has 3 aromatic carbocycles. The van der Waals surface area contributed by atoms with Crippen LogP contribution < -0.4 is 14.5 Å². The first-order valence-corrected chi connectivity index (χ1v) is 17.5. The molecule has 2 amide bonds. The maximum atomic E-state index is 15.9. The fraction of sp³-hybridized carbons (Fsp3) is 0.417. The van der Waals surface area contributed by atoms with Gasteiger partial charge in [-0.3, -0.25) is 4.79 Å². The van der Waals surface area contributed by atoms with Crippen molar-refractivity contribution in [3.63, 3.8) is 0 Å². The van der Waals surface area contributed by atoms with E-state index in [0.717, 1.165) is 31.4 Å². The highest BCUT2D eigenvalue weighted by molar-refractivity contribution is 6.40. The van der Waals surface area contributed by atoms with Gasteiger partial charge in [0, 0.05) is 41.5 Å². The summed E-state index contributed by atoms with van der Waals surface area (Å²) >= 11 is 13.5. The minimum absolute atomic E-state index is 0.00688. The van der Waals surface area contributed by atoms with E-state index in [0.29, 0.717) is 48.9 Å². The van der Waals surface area contributed by atoms with Gasteiger partial charge in [-0.25, -0.2) is 14.0 Å². The number of carbonyl (C=O) groups is 3. The van der Waals surface area contributed by atoms with Gasteiger partial charge in [-0.15, -0.1) is 0 Å². The molecule has 0 aromatic heterocycles. The number of ether oxygens (including phenoxy) is 3. The first-order valence-electron chi connectivity index (χ1n) is 16.7. The lowest BCUT2D eigenvalue weighted by Crippen LogP contribution is -2.64. The molecule has 4 bridgehead atoms. The highest BCUT2D eigenvalue weighted by Gasteiger charge is 2.42. The molecule has 0 saturated carbocycles. The largest absolute Gasteiger partial charge is 0.472 e. The van der Waals surface area contributed by atoms with Crippen LogP contribution in [-0.2, 0) is 16.0 Å². The van der Waals surface area contributed by atoms with E-state index < -0.39 is 23.8 Å². The molecule has 50 heavy (non-hydrogen) atoms. The summed E-state index contributed by atoms with van der Waals surface area (Å²) in [5, 5.41) is 9.94. The van der Waals surface area contributed by atoms with Gasteiger partial charge in [0.2, 0.25) is 0 Å². The maximum absolute atomic E-state index is 15.9. The molecule has 0 radical (unpaired) electrons. The third kappa shape index (κ3) is 5.48. The summed E-state index contributed by atoms with van der Waals surface area (Å²) in [5.74, 6) is -1.18. The Hall–Kier alpha value is -4.26. The molecule has 14 heteroatoms. The maximum Gasteiger partial charge on any atom is 0.407 e. The van der Waals surface area contributed by atoms with Crippen molar-refractivity contribution in [1.29, 1.82) is 0 Å². The summed E-state index contributed by atoms with van der Waals surface area (Å²) in [7, 11) is 1.28. The van der Waals surface area contributed by atoms with Gasteiger partial charge < -0.3 is 38.9 Å². The zero-order chi connectivity index (χ0) is 34.8. The van der Waals surface area contributed by atoms with Gasteiger partial charge in [0.15, 0.2) is 6.73 Å². The molecule has 2 unspecified atom stereocenters. The minimum Gasteiger partial charge on any atom is -0.472 e. The van der Waals surface area contributed by atoms with Gasteiger partial charge in [-0.1, -0.05) is 41.4 Å². The zero-order valence-electron chi connectivity index (χ0n) is 27.2. The van der Waals surface area contributed by atoms with Gasteiger partial charge in [0.25, 0.3) is 5.91 Å². The Bertz CT molecular complexity index is 1870. The lowest BCUT2D eigenvalue weighted by Gasteiger charge is -2.51. The first kappa shape index (κ1) is 32.9. The van der Waals surface area contributed by atoms with Crippen LogP contribution >= 0.6 is 23.2 Å². The second-order valence-corrected chi connectivity index (χ2v) is 14.3. The highest BCUT2D eigenvalue weighted by atomic mass is 35.5. The van der Waals surface area contributed by atoms with E-state index in [4.69, 9.17) is 37.4 Å². The number of hydrogen-bond donors (Lipinski definition) is 1. The summed E-state index contributed by atoms with van der Waals surface area (Å²) in [6.45, 7) is 2.02. The van der Waals surface area contributed by atoms with Crippen LogP contribution in [0.25, 0.3) is 11.1 Å². The molecule has 5 fully saturated rings. The summed E-state index contributed by atoms with van der Waals surface area (Å²) in [4.78, 5) is 45.6. The number of piperidine rings is 2. The number of fused-ring (bicyclic) bond motifs is 6. The van der Waals surface area contributed by atoms with Crippen LogP contribution in [0.3, 0.4) is 0 Å². The van der Waals surface area contributed by atoms with E-state index in [9.17, 15) is 19.5 Å². The number of carboxylic acid groups (broad SMARTS) is 1. The zero-order valence-corrected chi connectivity index (χ0v) is 28.8. The molecule has 1 N–H and O–H groups in total. The Morgan fingerprint density at radius 1 is 0.920 bits per heavy atom. The molecule has 4 atom stereocenters. The van der Waals surface area contributed by atoms with Crippen molar-refractivity contribution >= 4 is 52.5 Å². The van der Waals surface area contributed by atoms with Crippen molar-refractivity contribution in [2.75, 3.05) is 49.9 Å². The third-order valence-electron chi connectivity index (χ3n) is 10.8. The molecule has 5 saturated heterocycles. The quantitative estimate of drug-likeness (QED) is 0.304. The normalized spacial score (nSPS) is 23.8. The molecule has 6 aliphatic heterocycles. The van der Waals surface area contributed by atoms with Crippen LogP contribution in [0.1, 0.15) is 52.0 Å². The number of amides is 2. The molecule has 6 aliphatic rings. The summed E-state index contributed by atoms with van der Waals surface area (Å²) in [6, 6.07) is 11.7. The third-order valence-corrected chi connectivity index (χ3v) is 11.4. The van der Waals surface area contributed by atoms with Crippen molar-refractivity contribution in [1.82, 2.24) is 9.80 Å². The number of esters is 1. The second kappa shape index (κ2) is 12.8. The lowest BCUT2D eigenvalue weighted by atomic mass is 9.90. The van der Waals surface area contributed by atoms with Crippen LogP contribution in [0.2, 0.25) is 10.0 Å². The predicted octanol–water partition coefficient (Wildman–Crippen LogP) is 6.28. The van der Waals surface area contributed by atoms with Gasteiger partial charge >= 0.3 is 12.1 Å². The number of halogens is 3. The van der Waals surface area contributed by atoms with E-state index in [2.05, 4.69) is 9.80 Å². The number of nitrogens with zero attached hydrogens (tertiary/aromatic N) is 4. The number of piperazine rings is 1. The average molecular weight is 726 g/mol. The number of carbonyl (C=O) groups excluding carboxylic acids is 2. The van der Waals surface area contributed by atoms with Crippen LogP contribution in [-0.4, -0.2) is 97.2 Å². The number of para-hydroxylation sites is 1. The minimum atomic E-state index is -0.917. The van der Waals surface area contributed by atoms with Crippen molar-refractivity contribution in [3.8, 4) is 16.9 Å². The summed E-state index contributed by atoms with van der Waals surface area (Å²) in [6.07, 6.45) is 2.55. The van der Waals surface area contributed by atoms with E-state index in [-0.39, 0.29) is 64.2 Å². The Morgan fingerprint density at radius 2 is 1.62 bits per heavy atom. The van der Waals surface area contributed by atoms with E-state index in [1.165, 1.54) is 23.0 Å². The molecule has 11 nitrogen and oxygen atoms in total. The number of methoxy groups -OCH3 is 1. The SMILES string of the molecule is COC(=O)c1cc(F)c(-c2cccc3c2OCN(C(=O)c2c(Cl)cc(N4C[C@@H]5CC[C@H]4CN5C(=O)O)cc2Cl)C3)cc1N1C2CCC1COC2. The van der Waals surface area contributed by atoms with Gasteiger partial charge in [-0.2, -0.15) is 0 Å². The number of anilines is 2. The van der Waals surface area contributed by atoms with Gasteiger partial charge in [0.05, 0.1) is 71.9 Å². The fourth-order valence-corrected chi connectivity index (χ4v) is 9.00. The number of hydrogen-bond acceptors (Lipinski definition) is 8. The molecule has 0 aliphatic carbocycles. The molecular formula is C36H35Cl2FN4O7. The van der Waals surface area contributed by atoms with Crippen LogP contribution in [0.5, 0.6) is 5.75 Å². The monoisotopic (exact) mass is 724 g/mol. The molecule has 3 aromatic rings. The number of benzene rings is 3. The smallest absolute Gasteiger partial charge is 0.407 e. The molecule has 6 heterocycles. The fourth-order valence-electron chi connectivity index (χ4n) is 8.36. The number of rotatable bonds is 5. The summed E-state index contributed by atoms with van der Waals surface area (Å²) in [5.41, 5.74) is 3.08. The summed E-state index contributed by atoms with van der Waals surface area (Å²) < 4.78 is 32.9. The number of morpholine rings is 1. The first-order chi connectivity index (χ1) is 24.1. The predicted molar refractivity (Wildman–Crippen MR) is 184 cm³/mol. The van der Waals surface area contributed by atoms with Crippen molar-refractivity contribution in [2.45, 2.75) is 56.4 Å². The van der Waals surface area contributed by atoms with Crippen LogP contribution in [0, 0.1) is 5.82 Å². The van der Waals surface area contributed by atoms with Crippen molar-refractivity contribution in [2.24, 2.45) is 0 Å². The standard InChI is InChI=1S/C36H35Cl2FN4O7/c1-48-35(45)27-11-30(39)26(12-31(27)43-22-7-8-23(43)17-49-16-22)25-4-2-3-19-13-40(18-50-33(19)25)34(44)32-28(37)9-24(10-29(32)38)41-14-21-6-5-20(41)15-42(21)36(46)47/h2-4,9-12,20-23H,5-8,13-18H2,1H3,(H,46,47)/t20-,21-,22?,23?/m0/s1. The highest BCUT2D eigenvalue weighted by Crippen LogP contribution is 2.44. The molecular weight excluding hydrogens is 690 g/mol. The Labute approximate surface area is 298 Å². The van der Waals surface area contributed by atoms with Crippen molar-refractivity contribution in [3.05, 3.63) is 75.0 Å². The Kier molecular flexibility index (Phi) is 8.43. The van der Waals surface area contributed by atoms with E-state index in [1.54, 1.807) is 30.3 Å². The molecule has 0 spiro atoms. The van der Waals surface area contributed by atoms with Gasteiger partial charge in [-0.05, 0) is 49.9 Å². The average Bonchev–Trinajstić information content (AvgIpc) is 3.36. The van der Waals surface area contributed by atoms with E-state index in [1.807, 2.05) is 6.07 Å². The molecule has 9 rings (SSSR count). The van der Waals surface area contributed by atoms with Crippen LogP contribution in [0.4, 0.5) is 20.6 Å². The second-order valence-electron chi connectivity index (χ2n) is 13.5. The Morgan fingerprint density at radius 3 is 2.28 bits per heavy atom.